The maximum atomic E-state index is 10.8. The molecule has 1 N–H and O–H groups in total. The van der Waals surface area contributed by atoms with Crippen molar-refractivity contribution in [2.45, 2.75) is 26.2 Å². The van der Waals surface area contributed by atoms with E-state index in [-0.39, 0.29) is 0 Å². The number of nitrogens with zero attached hydrogens (tertiary/aromatic N) is 1. The smallest absolute Gasteiger partial charge is 0.316 e. The molecule has 1 aromatic heterocycles. The van der Waals surface area contributed by atoms with Gasteiger partial charge in [0.15, 0.2) is 0 Å². The van der Waals surface area contributed by atoms with Crippen molar-refractivity contribution in [1.82, 2.24) is 4.98 Å². The Hall–Kier alpha value is -0.900. The molecule has 0 unspecified atom stereocenters. The lowest BCUT2D eigenvalue weighted by Gasteiger charge is -2.14. The average molecular weight is 185 g/mol. The minimum Gasteiger partial charge on any atom is -0.481 e. The van der Waals surface area contributed by atoms with Crippen molar-refractivity contribution < 1.29 is 9.90 Å². The normalized spacial score (nSPS) is 11.6. The van der Waals surface area contributed by atoms with Crippen molar-refractivity contribution in [3.05, 3.63) is 16.1 Å². The molecular formula is C8H11NO2S. The second kappa shape index (κ2) is 2.86. The zero-order valence-electron chi connectivity index (χ0n) is 7.29. The molecular weight excluding hydrogens is 174 g/mol. The fraction of sp³-hybridized carbons (Fsp3) is 0.500. The Balaban J connectivity index is 3.05. The number of carbonyl (C=O) groups is 1. The Labute approximate surface area is 75.1 Å². The molecule has 1 heterocycles. The van der Waals surface area contributed by atoms with E-state index in [0.717, 1.165) is 5.69 Å². The summed E-state index contributed by atoms with van der Waals surface area (Å²) in [6, 6.07) is 0. The first-order chi connectivity index (χ1) is 5.44. The van der Waals surface area contributed by atoms with Crippen LogP contribution in [0.15, 0.2) is 5.38 Å². The minimum absolute atomic E-state index is 0.660. The number of carboxylic acids is 1. The van der Waals surface area contributed by atoms with Crippen LogP contribution in [0.25, 0.3) is 0 Å². The van der Waals surface area contributed by atoms with Crippen LogP contribution < -0.4 is 0 Å². The Bertz CT molecular complexity index is 304. The van der Waals surface area contributed by atoms with Crippen LogP contribution >= 0.6 is 11.3 Å². The largest absolute Gasteiger partial charge is 0.481 e. The molecule has 1 aromatic rings. The fourth-order valence-corrected chi connectivity index (χ4v) is 1.65. The highest BCUT2D eigenvalue weighted by Gasteiger charge is 2.32. The molecule has 1 rings (SSSR count). The SMILES string of the molecule is Cc1csc(C(C)(C)C(=O)O)n1. The molecule has 4 heteroatoms. The van der Waals surface area contributed by atoms with E-state index in [1.54, 1.807) is 13.8 Å². The number of aliphatic carboxylic acids is 1. The van der Waals surface area contributed by atoms with Gasteiger partial charge in [-0.25, -0.2) is 4.98 Å². The van der Waals surface area contributed by atoms with Gasteiger partial charge in [-0.3, -0.25) is 4.79 Å². The maximum absolute atomic E-state index is 10.8. The van der Waals surface area contributed by atoms with E-state index in [1.165, 1.54) is 11.3 Å². The number of hydrogen-bond acceptors (Lipinski definition) is 3. The first-order valence-corrected chi connectivity index (χ1v) is 4.48. The molecule has 0 spiro atoms. The van der Waals surface area contributed by atoms with Gasteiger partial charge in [0.25, 0.3) is 0 Å². The molecule has 3 nitrogen and oxygen atoms in total. The Morgan fingerprint density at radius 1 is 1.67 bits per heavy atom. The summed E-state index contributed by atoms with van der Waals surface area (Å²) in [6.07, 6.45) is 0. The van der Waals surface area contributed by atoms with Gasteiger partial charge in [-0.05, 0) is 20.8 Å². The first-order valence-electron chi connectivity index (χ1n) is 3.60. The van der Waals surface area contributed by atoms with E-state index < -0.39 is 11.4 Å². The molecule has 0 amide bonds. The monoisotopic (exact) mass is 185 g/mol. The summed E-state index contributed by atoms with van der Waals surface area (Å²) in [5.41, 5.74) is 0.0168. The van der Waals surface area contributed by atoms with E-state index in [4.69, 9.17) is 5.11 Å². The number of thiazole rings is 1. The molecule has 0 saturated heterocycles. The Kier molecular flexibility index (Phi) is 2.19. The van der Waals surface area contributed by atoms with Crippen molar-refractivity contribution in [1.29, 1.82) is 0 Å². The summed E-state index contributed by atoms with van der Waals surface area (Å²) in [5, 5.41) is 11.4. The van der Waals surface area contributed by atoms with E-state index in [0.29, 0.717) is 5.01 Å². The van der Waals surface area contributed by atoms with Gasteiger partial charge in [0.05, 0.1) is 0 Å². The summed E-state index contributed by atoms with van der Waals surface area (Å²) >= 11 is 1.39. The molecule has 0 fully saturated rings. The standard InChI is InChI=1S/C8H11NO2S/c1-5-4-12-6(9-5)8(2,3)7(10)11/h4H,1-3H3,(H,10,11). The highest BCUT2D eigenvalue weighted by atomic mass is 32.1. The maximum Gasteiger partial charge on any atom is 0.316 e. The molecule has 12 heavy (non-hydrogen) atoms. The Morgan fingerprint density at radius 3 is 2.58 bits per heavy atom. The van der Waals surface area contributed by atoms with E-state index in [9.17, 15) is 4.79 Å². The molecule has 0 aromatic carbocycles. The second-order valence-electron chi connectivity index (χ2n) is 3.22. The van der Waals surface area contributed by atoms with Crippen LogP contribution in [0.2, 0.25) is 0 Å². The predicted octanol–water partition coefficient (Wildman–Crippen LogP) is 1.81. The lowest BCUT2D eigenvalue weighted by Crippen LogP contribution is -2.28. The third kappa shape index (κ3) is 1.48. The van der Waals surface area contributed by atoms with Gasteiger partial charge in [0, 0.05) is 11.1 Å². The summed E-state index contributed by atoms with van der Waals surface area (Å²) < 4.78 is 0. The molecule has 0 atom stereocenters. The molecule has 0 bridgehead atoms. The van der Waals surface area contributed by atoms with Gasteiger partial charge in [-0.1, -0.05) is 0 Å². The second-order valence-corrected chi connectivity index (χ2v) is 4.08. The van der Waals surface area contributed by atoms with Crippen molar-refractivity contribution in [2.24, 2.45) is 0 Å². The average Bonchev–Trinajstić information content (AvgIpc) is 2.35. The summed E-state index contributed by atoms with van der Waals surface area (Å²) in [4.78, 5) is 14.9. The van der Waals surface area contributed by atoms with Gasteiger partial charge in [0.1, 0.15) is 10.4 Å². The number of carboxylic acid groups (broad SMARTS) is 1. The van der Waals surface area contributed by atoms with Gasteiger partial charge >= 0.3 is 5.97 Å². The molecule has 0 radical (unpaired) electrons. The summed E-state index contributed by atoms with van der Waals surface area (Å²) in [6.45, 7) is 5.18. The number of aromatic nitrogens is 1. The zero-order chi connectivity index (χ0) is 9.35. The van der Waals surface area contributed by atoms with Crippen molar-refractivity contribution in [3.8, 4) is 0 Å². The molecule has 0 aliphatic heterocycles. The van der Waals surface area contributed by atoms with Gasteiger partial charge in [-0.15, -0.1) is 11.3 Å². The van der Waals surface area contributed by atoms with Crippen LogP contribution in [0, 0.1) is 6.92 Å². The summed E-state index contributed by atoms with van der Waals surface area (Å²) in [7, 11) is 0. The highest BCUT2D eigenvalue weighted by molar-refractivity contribution is 7.10. The number of aryl methyl sites for hydroxylation is 1. The van der Waals surface area contributed by atoms with E-state index in [1.807, 2.05) is 12.3 Å². The van der Waals surface area contributed by atoms with Crippen LogP contribution in [0.4, 0.5) is 0 Å². The zero-order valence-corrected chi connectivity index (χ0v) is 8.10. The van der Waals surface area contributed by atoms with Gasteiger partial charge in [-0.2, -0.15) is 0 Å². The quantitative estimate of drug-likeness (QED) is 0.764. The summed E-state index contributed by atoms with van der Waals surface area (Å²) in [5.74, 6) is -0.836. The third-order valence-electron chi connectivity index (χ3n) is 1.69. The van der Waals surface area contributed by atoms with Crippen LogP contribution in [0.3, 0.4) is 0 Å². The van der Waals surface area contributed by atoms with Gasteiger partial charge < -0.3 is 5.11 Å². The minimum atomic E-state index is -0.862. The van der Waals surface area contributed by atoms with Crippen LogP contribution in [0.5, 0.6) is 0 Å². The topological polar surface area (TPSA) is 50.2 Å². The Morgan fingerprint density at radius 2 is 2.25 bits per heavy atom. The van der Waals surface area contributed by atoms with Crippen LogP contribution in [-0.4, -0.2) is 16.1 Å². The van der Waals surface area contributed by atoms with Gasteiger partial charge in [0.2, 0.25) is 0 Å². The third-order valence-corrected chi connectivity index (χ3v) is 2.97. The number of rotatable bonds is 2. The fourth-order valence-electron chi connectivity index (χ4n) is 0.733. The van der Waals surface area contributed by atoms with E-state index in [2.05, 4.69) is 4.98 Å². The van der Waals surface area contributed by atoms with E-state index >= 15 is 0 Å². The van der Waals surface area contributed by atoms with Crippen molar-refractivity contribution >= 4 is 17.3 Å². The highest BCUT2D eigenvalue weighted by Crippen LogP contribution is 2.26. The molecule has 0 saturated carbocycles. The van der Waals surface area contributed by atoms with Crippen molar-refractivity contribution in [2.75, 3.05) is 0 Å². The first kappa shape index (κ1) is 9.19. The van der Waals surface area contributed by atoms with Crippen LogP contribution in [0.1, 0.15) is 24.5 Å². The predicted molar refractivity (Wildman–Crippen MR) is 47.5 cm³/mol. The lowest BCUT2D eigenvalue weighted by atomic mass is 9.95. The molecule has 0 aliphatic carbocycles. The van der Waals surface area contributed by atoms with Crippen LogP contribution in [-0.2, 0) is 10.2 Å². The number of hydrogen-bond donors (Lipinski definition) is 1. The molecule has 0 aliphatic rings. The molecule has 66 valence electrons. The lowest BCUT2D eigenvalue weighted by molar-refractivity contribution is -0.142. The van der Waals surface area contributed by atoms with Crippen molar-refractivity contribution in [3.63, 3.8) is 0 Å².